The van der Waals surface area contributed by atoms with Crippen LogP contribution in [0.15, 0.2) is 0 Å². The minimum Gasteiger partial charge on any atom is -0.598 e. The van der Waals surface area contributed by atoms with Gasteiger partial charge in [-0.1, -0.05) is 39.0 Å². The molecule has 0 aliphatic carbocycles. The van der Waals surface area contributed by atoms with Crippen LogP contribution in [0.5, 0.6) is 0 Å². The molecule has 0 aromatic rings. The standard InChI is InChI=1S/C10H22ClNOS/c1-2-3-4-5-6-7-9-12-14(13)10-8-11/h12H,2-10H2,1H3. The first-order valence-corrected chi connectivity index (χ1v) is 7.34. The third-order valence-electron chi connectivity index (χ3n) is 2.06. The highest BCUT2D eigenvalue weighted by Gasteiger charge is 2.02. The van der Waals surface area contributed by atoms with Gasteiger partial charge in [0.15, 0.2) is 0 Å². The Morgan fingerprint density at radius 2 is 1.79 bits per heavy atom. The molecular weight excluding hydrogens is 218 g/mol. The van der Waals surface area contributed by atoms with Crippen molar-refractivity contribution in [1.82, 2.24) is 4.72 Å². The van der Waals surface area contributed by atoms with E-state index in [0.717, 1.165) is 13.0 Å². The number of hydrogen-bond donors (Lipinski definition) is 1. The highest BCUT2D eigenvalue weighted by Crippen LogP contribution is 2.04. The lowest BCUT2D eigenvalue weighted by Gasteiger charge is -2.09. The summed E-state index contributed by atoms with van der Waals surface area (Å²) in [7, 11) is 0. The van der Waals surface area contributed by atoms with Gasteiger partial charge in [-0.2, -0.15) is 0 Å². The van der Waals surface area contributed by atoms with E-state index in [-0.39, 0.29) is 0 Å². The highest BCUT2D eigenvalue weighted by molar-refractivity contribution is 7.89. The van der Waals surface area contributed by atoms with E-state index in [9.17, 15) is 4.55 Å². The van der Waals surface area contributed by atoms with E-state index in [0.29, 0.717) is 11.6 Å². The predicted molar refractivity (Wildman–Crippen MR) is 65.1 cm³/mol. The van der Waals surface area contributed by atoms with Gasteiger partial charge >= 0.3 is 0 Å². The molecule has 0 aromatic carbocycles. The molecule has 1 atom stereocenters. The first-order chi connectivity index (χ1) is 6.81. The molecule has 0 aliphatic rings. The van der Waals surface area contributed by atoms with Gasteiger partial charge in [0, 0.05) is 17.9 Å². The van der Waals surface area contributed by atoms with Crippen molar-refractivity contribution < 1.29 is 4.55 Å². The van der Waals surface area contributed by atoms with E-state index >= 15 is 0 Å². The summed E-state index contributed by atoms with van der Waals surface area (Å²) in [4.78, 5) is 0. The summed E-state index contributed by atoms with van der Waals surface area (Å²) in [6, 6.07) is 0. The van der Waals surface area contributed by atoms with Crippen LogP contribution in [0, 0.1) is 0 Å². The lowest BCUT2D eigenvalue weighted by atomic mass is 10.1. The van der Waals surface area contributed by atoms with Crippen molar-refractivity contribution in [2.45, 2.75) is 45.4 Å². The lowest BCUT2D eigenvalue weighted by molar-refractivity contribution is 0.568. The number of unbranched alkanes of at least 4 members (excludes halogenated alkanes) is 5. The van der Waals surface area contributed by atoms with Crippen molar-refractivity contribution in [2.75, 3.05) is 18.2 Å². The monoisotopic (exact) mass is 239 g/mol. The molecule has 0 aromatic heterocycles. The highest BCUT2D eigenvalue weighted by atomic mass is 35.5. The van der Waals surface area contributed by atoms with Crippen LogP contribution in [0.4, 0.5) is 0 Å². The second kappa shape index (κ2) is 11.6. The van der Waals surface area contributed by atoms with Gasteiger partial charge in [-0.25, -0.2) is 0 Å². The number of nitrogens with one attached hydrogen (secondary N) is 1. The third kappa shape index (κ3) is 10.6. The Bertz CT molecular complexity index is 116. The molecule has 0 bridgehead atoms. The maximum absolute atomic E-state index is 11.1. The van der Waals surface area contributed by atoms with Gasteiger partial charge in [0.05, 0.1) is 5.88 Å². The summed E-state index contributed by atoms with van der Waals surface area (Å²) in [6.45, 7) is 3.08. The molecule has 0 aliphatic heterocycles. The van der Waals surface area contributed by atoms with E-state index in [1.807, 2.05) is 0 Å². The van der Waals surface area contributed by atoms with Gasteiger partial charge in [0.25, 0.3) is 0 Å². The quantitative estimate of drug-likeness (QED) is 0.362. The zero-order chi connectivity index (χ0) is 10.6. The van der Waals surface area contributed by atoms with Gasteiger partial charge < -0.3 is 4.55 Å². The molecule has 0 saturated carbocycles. The molecule has 14 heavy (non-hydrogen) atoms. The fourth-order valence-corrected chi connectivity index (χ4v) is 2.31. The third-order valence-corrected chi connectivity index (χ3v) is 3.57. The SMILES string of the molecule is CCCCCCCCN[S+]([O-])CCCl. The molecule has 0 fully saturated rings. The molecule has 0 spiro atoms. The maximum atomic E-state index is 11.1. The Balaban J connectivity index is 2.98. The Labute approximate surface area is 96.1 Å². The Morgan fingerprint density at radius 1 is 1.14 bits per heavy atom. The molecule has 0 amide bonds. The molecule has 0 heterocycles. The van der Waals surface area contributed by atoms with Crippen molar-refractivity contribution in [3.63, 3.8) is 0 Å². The van der Waals surface area contributed by atoms with Crippen molar-refractivity contribution >= 4 is 23.0 Å². The number of halogens is 1. The summed E-state index contributed by atoms with van der Waals surface area (Å²) in [5, 5.41) is 0. The van der Waals surface area contributed by atoms with Crippen molar-refractivity contribution in [3.05, 3.63) is 0 Å². The van der Waals surface area contributed by atoms with Crippen LogP contribution >= 0.6 is 11.6 Å². The zero-order valence-corrected chi connectivity index (χ0v) is 10.6. The van der Waals surface area contributed by atoms with E-state index in [1.54, 1.807) is 0 Å². The number of rotatable bonds is 10. The van der Waals surface area contributed by atoms with Crippen LogP contribution in [0.3, 0.4) is 0 Å². The van der Waals surface area contributed by atoms with Crippen LogP contribution < -0.4 is 4.72 Å². The number of hydrogen-bond acceptors (Lipinski definition) is 2. The van der Waals surface area contributed by atoms with Crippen LogP contribution in [-0.2, 0) is 11.4 Å². The average Bonchev–Trinajstić information content (AvgIpc) is 2.17. The smallest absolute Gasteiger partial charge is 0.139 e. The summed E-state index contributed by atoms with van der Waals surface area (Å²) >= 11 is 4.55. The van der Waals surface area contributed by atoms with E-state index in [2.05, 4.69) is 11.6 Å². The van der Waals surface area contributed by atoms with Gasteiger partial charge in [0.2, 0.25) is 0 Å². The zero-order valence-electron chi connectivity index (χ0n) is 9.06. The van der Waals surface area contributed by atoms with Crippen LogP contribution in [0.2, 0.25) is 0 Å². The van der Waals surface area contributed by atoms with E-state index in [1.165, 1.54) is 32.1 Å². The first kappa shape index (κ1) is 14.6. The molecule has 0 rings (SSSR count). The Kier molecular flexibility index (Phi) is 12.1. The van der Waals surface area contributed by atoms with Crippen molar-refractivity contribution in [2.24, 2.45) is 0 Å². The van der Waals surface area contributed by atoms with Gasteiger partial charge in [-0.15, -0.1) is 16.3 Å². The van der Waals surface area contributed by atoms with Gasteiger partial charge in [-0.05, 0) is 6.42 Å². The van der Waals surface area contributed by atoms with Crippen molar-refractivity contribution in [3.8, 4) is 0 Å². The second-order valence-corrected chi connectivity index (χ2v) is 5.17. The van der Waals surface area contributed by atoms with E-state index in [4.69, 9.17) is 11.6 Å². The fraction of sp³-hybridized carbons (Fsp3) is 1.00. The first-order valence-electron chi connectivity index (χ1n) is 5.49. The molecule has 1 N–H and O–H groups in total. The lowest BCUT2D eigenvalue weighted by Crippen LogP contribution is -2.27. The Morgan fingerprint density at radius 3 is 2.43 bits per heavy atom. The topological polar surface area (TPSA) is 35.1 Å². The van der Waals surface area contributed by atoms with Gasteiger partial charge in [-0.3, -0.25) is 0 Å². The molecular formula is C10H22ClNOS. The van der Waals surface area contributed by atoms with Crippen LogP contribution in [0.1, 0.15) is 45.4 Å². The van der Waals surface area contributed by atoms with Gasteiger partial charge in [0.1, 0.15) is 5.75 Å². The predicted octanol–water partition coefficient (Wildman–Crippen LogP) is 2.84. The second-order valence-electron chi connectivity index (χ2n) is 3.40. The fourth-order valence-electron chi connectivity index (χ4n) is 1.23. The molecule has 0 radical (unpaired) electrons. The molecule has 86 valence electrons. The van der Waals surface area contributed by atoms with Crippen LogP contribution in [0.25, 0.3) is 0 Å². The summed E-state index contributed by atoms with van der Waals surface area (Å²) in [6.07, 6.45) is 7.63. The van der Waals surface area contributed by atoms with Crippen molar-refractivity contribution in [1.29, 1.82) is 0 Å². The Hall–Kier alpha value is 0.560. The molecule has 0 saturated heterocycles. The summed E-state index contributed by atoms with van der Waals surface area (Å²) in [5.41, 5.74) is 0. The van der Waals surface area contributed by atoms with E-state index < -0.39 is 11.4 Å². The minimum absolute atomic E-state index is 0.468. The largest absolute Gasteiger partial charge is 0.598 e. The molecule has 1 unspecified atom stereocenters. The van der Waals surface area contributed by atoms with Crippen LogP contribution in [-0.4, -0.2) is 22.7 Å². The number of alkyl halides is 1. The maximum Gasteiger partial charge on any atom is 0.139 e. The average molecular weight is 240 g/mol. The molecule has 4 heteroatoms. The summed E-state index contributed by atoms with van der Waals surface area (Å²) < 4.78 is 14.1. The molecule has 2 nitrogen and oxygen atoms in total. The summed E-state index contributed by atoms with van der Waals surface area (Å²) in [5.74, 6) is 1.02. The normalized spacial score (nSPS) is 13.1. The minimum atomic E-state index is -0.911.